The number of nitrogens with zero attached hydrogens (tertiary/aromatic N) is 3. The summed E-state index contributed by atoms with van der Waals surface area (Å²) < 4.78 is 13.0. The Labute approximate surface area is 149 Å². The zero-order chi connectivity index (χ0) is 17.8. The number of piperidine rings is 1. The number of rotatable bonds is 4. The van der Waals surface area contributed by atoms with Crippen molar-refractivity contribution in [1.82, 2.24) is 15.1 Å². The van der Waals surface area contributed by atoms with Crippen LogP contribution in [-0.2, 0) is 11.2 Å². The van der Waals surface area contributed by atoms with E-state index in [4.69, 9.17) is 0 Å². The summed E-state index contributed by atoms with van der Waals surface area (Å²) in [6.45, 7) is 3.00. The fraction of sp³-hybridized carbons (Fsp3) is 0.412. The fourth-order valence-corrected chi connectivity index (χ4v) is 3.46. The molecule has 2 amide bonds. The minimum Gasteiger partial charge on any atom is -0.339 e. The summed E-state index contributed by atoms with van der Waals surface area (Å²) in [6.07, 6.45) is 1.98. The molecule has 0 spiro atoms. The second-order valence-corrected chi connectivity index (χ2v) is 6.98. The van der Waals surface area contributed by atoms with Gasteiger partial charge in [0.15, 0.2) is 0 Å². The van der Waals surface area contributed by atoms with Crippen molar-refractivity contribution in [2.75, 3.05) is 18.4 Å². The van der Waals surface area contributed by atoms with Crippen molar-refractivity contribution in [2.24, 2.45) is 5.92 Å². The maximum absolute atomic E-state index is 13.0. The Bertz CT molecular complexity index is 754. The highest BCUT2D eigenvalue weighted by atomic mass is 32.1. The minimum atomic E-state index is -0.366. The number of carbonyl (C=O) groups excluding carboxylic acids is 2. The molecule has 1 aromatic heterocycles. The zero-order valence-corrected chi connectivity index (χ0v) is 14.7. The van der Waals surface area contributed by atoms with Gasteiger partial charge in [-0.1, -0.05) is 18.3 Å². The molecular weight excluding hydrogens is 343 g/mol. The van der Waals surface area contributed by atoms with Crippen LogP contribution in [-0.4, -0.2) is 40.0 Å². The Morgan fingerprint density at radius 3 is 2.52 bits per heavy atom. The number of likely N-dealkylation sites (tertiary alicyclic amines) is 1. The van der Waals surface area contributed by atoms with Crippen molar-refractivity contribution in [3.05, 3.63) is 40.7 Å². The van der Waals surface area contributed by atoms with Gasteiger partial charge in [-0.15, -0.1) is 10.2 Å². The van der Waals surface area contributed by atoms with E-state index in [-0.39, 0.29) is 23.5 Å². The van der Waals surface area contributed by atoms with Crippen LogP contribution in [0.1, 0.15) is 35.1 Å². The highest BCUT2D eigenvalue weighted by Crippen LogP contribution is 2.22. The number of amides is 2. The predicted molar refractivity (Wildman–Crippen MR) is 92.9 cm³/mol. The van der Waals surface area contributed by atoms with Gasteiger partial charge < -0.3 is 10.2 Å². The van der Waals surface area contributed by atoms with E-state index in [9.17, 15) is 14.0 Å². The lowest BCUT2D eigenvalue weighted by atomic mass is 9.95. The predicted octanol–water partition coefficient (Wildman–Crippen LogP) is 2.73. The van der Waals surface area contributed by atoms with Crippen LogP contribution in [0, 0.1) is 11.7 Å². The average Bonchev–Trinajstić information content (AvgIpc) is 3.09. The molecule has 6 nitrogen and oxygen atoms in total. The summed E-state index contributed by atoms with van der Waals surface area (Å²) in [5.41, 5.74) is 0.463. The van der Waals surface area contributed by atoms with E-state index in [0.717, 1.165) is 11.4 Å². The Morgan fingerprint density at radius 1 is 1.24 bits per heavy atom. The lowest BCUT2D eigenvalue weighted by Gasteiger charge is -2.31. The van der Waals surface area contributed by atoms with Crippen molar-refractivity contribution in [3.63, 3.8) is 0 Å². The molecule has 0 unspecified atom stereocenters. The normalized spacial score (nSPS) is 15.2. The van der Waals surface area contributed by atoms with Crippen LogP contribution in [0.3, 0.4) is 0 Å². The van der Waals surface area contributed by atoms with Gasteiger partial charge in [-0.05, 0) is 43.5 Å². The van der Waals surface area contributed by atoms with Gasteiger partial charge in [0.1, 0.15) is 10.8 Å². The van der Waals surface area contributed by atoms with Crippen LogP contribution < -0.4 is 5.32 Å². The monoisotopic (exact) mass is 362 g/mol. The average molecular weight is 362 g/mol. The van der Waals surface area contributed by atoms with Gasteiger partial charge in [0.05, 0.1) is 0 Å². The van der Waals surface area contributed by atoms with Crippen molar-refractivity contribution < 1.29 is 14.0 Å². The molecule has 2 heterocycles. The maximum Gasteiger partial charge on any atom is 0.253 e. The van der Waals surface area contributed by atoms with E-state index in [1.807, 2.05) is 6.92 Å². The van der Waals surface area contributed by atoms with Gasteiger partial charge >= 0.3 is 0 Å². The number of aromatic nitrogens is 2. The van der Waals surface area contributed by atoms with Crippen molar-refractivity contribution >= 4 is 28.3 Å². The van der Waals surface area contributed by atoms with E-state index < -0.39 is 0 Å². The van der Waals surface area contributed by atoms with Gasteiger partial charge in [-0.25, -0.2) is 4.39 Å². The van der Waals surface area contributed by atoms with Crippen LogP contribution in [0.2, 0.25) is 0 Å². The number of benzene rings is 1. The van der Waals surface area contributed by atoms with Crippen LogP contribution >= 0.6 is 11.3 Å². The van der Waals surface area contributed by atoms with Gasteiger partial charge in [0.2, 0.25) is 11.0 Å². The van der Waals surface area contributed by atoms with Crippen LogP contribution in [0.15, 0.2) is 24.3 Å². The molecule has 0 aliphatic carbocycles. The molecule has 0 radical (unpaired) electrons. The molecule has 0 saturated carbocycles. The van der Waals surface area contributed by atoms with E-state index in [0.29, 0.717) is 36.6 Å². The Balaban J connectivity index is 1.53. The highest BCUT2D eigenvalue weighted by molar-refractivity contribution is 7.15. The lowest BCUT2D eigenvalue weighted by Crippen LogP contribution is -2.41. The van der Waals surface area contributed by atoms with Crippen molar-refractivity contribution in [2.45, 2.75) is 26.2 Å². The molecular formula is C17H19FN4O2S. The van der Waals surface area contributed by atoms with Gasteiger partial charge in [0, 0.05) is 24.6 Å². The molecule has 8 heteroatoms. The first kappa shape index (κ1) is 17.5. The number of nitrogens with one attached hydrogen (secondary N) is 1. The molecule has 1 aliphatic rings. The molecule has 1 aromatic carbocycles. The first-order valence-corrected chi connectivity index (χ1v) is 9.06. The van der Waals surface area contributed by atoms with Gasteiger partial charge in [-0.2, -0.15) is 0 Å². The van der Waals surface area contributed by atoms with Gasteiger partial charge in [0.25, 0.3) is 5.91 Å². The summed E-state index contributed by atoms with van der Waals surface area (Å²) in [4.78, 5) is 26.4. The molecule has 25 heavy (non-hydrogen) atoms. The summed E-state index contributed by atoms with van der Waals surface area (Å²) in [5.74, 6) is -0.718. The standard InChI is InChI=1S/C17H19FN4O2S/c1-2-14-20-21-17(25-14)19-15(23)11-7-9-22(10-8-11)16(24)12-3-5-13(18)6-4-12/h3-6,11H,2,7-10H2,1H3,(H,19,21,23). The SMILES string of the molecule is CCc1nnc(NC(=O)C2CCN(C(=O)c3ccc(F)cc3)CC2)s1. The molecule has 0 atom stereocenters. The Hall–Kier alpha value is -2.35. The summed E-state index contributed by atoms with van der Waals surface area (Å²) in [7, 11) is 0. The third kappa shape index (κ3) is 4.19. The third-order valence-corrected chi connectivity index (χ3v) is 5.23. The van der Waals surface area contributed by atoms with Crippen molar-refractivity contribution in [1.29, 1.82) is 0 Å². The molecule has 1 N–H and O–H groups in total. The quantitative estimate of drug-likeness (QED) is 0.907. The van der Waals surface area contributed by atoms with Gasteiger partial charge in [-0.3, -0.25) is 9.59 Å². The summed E-state index contributed by atoms with van der Waals surface area (Å²) >= 11 is 1.38. The smallest absolute Gasteiger partial charge is 0.253 e. The largest absolute Gasteiger partial charge is 0.339 e. The first-order valence-electron chi connectivity index (χ1n) is 8.25. The molecule has 132 valence electrons. The van der Waals surface area contributed by atoms with Crippen molar-refractivity contribution in [3.8, 4) is 0 Å². The van der Waals surface area contributed by atoms with Crippen LogP contribution in [0.5, 0.6) is 0 Å². The summed E-state index contributed by atoms with van der Waals surface area (Å²) in [5, 5.41) is 12.1. The second-order valence-electron chi connectivity index (χ2n) is 5.92. The van der Waals surface area contributed by atoms with E-state index in [1.54, 1.807) is 4.90 Å². The number of hydrogen-bond donors (Lipinski definition) is 1. The Kier molecular flexibility index (Phi) is 5.37. The van der Waals surface area contributed by atoms with E-state index >= 15 is 0 Å². The first-order chi connectivity index (χ1) is 12.1. The zero-order valence-electron chi connectivity index (χ0n) is 13.9. The van der Waals surface area contributed by atoms with Crippen LogP contribution in [0.25, 0.3) is 0 Å². The number of anilines is 1. The number of carbonyl (C=O) groups is 2. The minimum absolute atomic E-state index is 0.0762. The molecule has 1 saturated heterocycles. The lowest BCUT2D eigenvalue weighted by molar-refractivity contribution is -0.121. The molecule has 2 aromatic rings. The Morgan fingerprint density at radius 2 is 1.92 bits per heavy atom. The fourth-order valence-electron chi connectivity index (χ4n) is 2.77. The third-order valence-electron chi connectivity index (χ3n) is 4.24. The molecule has 0 bridgehead atoms. The maximum atomic E-state index is 13.0. The second kappa shape index (κ2) is 7.69. The summed E-state index contributed by atoms with van der Waals surface area (Å²) in [6, 6.07) is 5.52. The molecule has 3 rings (SSSR count). The van der Waals surface area contributed by atoms with Crippen LogP contribution in [0.4, 0.5) is 9.52 Å². The highest BCUT2D eigenvalue weighted by Gasteiger charge is 2.28. The number of aryl methyl sites for hydroxylation is 1. The van der Waals surface area contributed by atoms with E-state index in [1.165, 1.54) is 35.6 Å². The molecule has 1 fully saturated rings. The topological polar surface area (TPSA) is 75.2 Å². The van der Waals surface area contributed by atoms with E-state index in [2.05, 4.69) is 15.5 Å². The molecule has 1 aliphatic heterocycles. The number of halogens is 1. The number of hydrogen-bond acceptors (Lipinski definition) is 5.